The van der Waals surface area contributed by atoms with Crippen LogP contribution in [0.15, 0.2) is 30.3 Å². The predicted molar refractivity (Wildman–Crippen MR) is 51.6 cm³/mol. The highest BCUT2D eigenvalue weighted by Crippen LogP contribution is 2.04. The van der Waals surface area contributed by atoms with E-state index in [0.29, 0.717) is 6.61 Å². The number of carbonyl (C=O) groups excluding carboxylic acids is 1. The third-order valence-corrected chi connectivity index (χ3v) is 1.49. The molecule has 1 amide bonds. The second kappa shape index (κ2) is 5.32. The Morgan fingerprint density at radius 1 is 1.38 bits per heavy atom. The zero-order chi connectivity index (χ0) is 9.52. The minimum Gasteiger partial charge on any atom is -0.372 e. The zero-order valence-corrected chi connectivity index (χ0v) is 7.62. The number of rotatable bonds is 4. The molecule has 0 spiro atoms. The number of ether oxygens (including phenoxy) is 1. The van der Waals surface area contributed by atoms with E-state index in [9.17, 15) is 4.79 Å². The Kier molecular flexibility index (Phi) is 3.99. The van der Waals surface area contributed by atoms with Crippen molar-refractivity contribution in [1.29, 1.82) is 0 Å². The maximum atomic E-state index is 11.1. The van der Waals surface area contributed by atoms with Gasteiger partial charge in [0.25, 0.3) is 0 Å². The molecular formula is C10H13NO2. The highest BCUT2D eigenvalue weighted by molar-refractivity contribution is 5.91. The molecule has 3 nitrogen and oxygen atoms in total. The van der Waals surface area contributed by atoms with Crippen LogP contribution in [-0.2, 0) is 9.53 Å². The van der Waals surface area contributed by atoms with E-state index in [1.165, 1.54) is 0 Å². The van der Waals surface area contributed by atoms with E-state index >= 15 is 0 Å². The van der Waals surface area contributed by atoms with Crippen molar-refractivity contribution >= 4 is 11.6 Å². The summed E-state index contributed by atoms with van der Waals surface area (Å²) in [7, 11) is 0. The molecular weight excluding hydrogens is 166 g/mol. The summed E-state index contributed by atoms with van der Waals surface area (Å²) in [4.78, 5) is 11.1. The van der Waals surface area contributed by atoms with Gasteiger partial charge in [0, 0.05) is 12.3 Å². The minimum atomic E-state index is -0.118. The van der Waals surface area contributed by atoms with Gasteiger partial charge in [-0.3, -0.25) is 4.79 Å². The molecule has 0 aliphatic heterocycles. The quantitative estimate of drug-likeness (QED) is 0.763. The van der Waals surface area contributed by atoms with Gasteiger partial charge in [-0.05, 0) is 19.1 Å². The number of amides is 1. The lowest BCUT2D eigenvalue weighted by Gasteiger charge is -2.03. The molecule has 0 radical (unpaired) electrons. The first-order valence-corrected chi connectivity index (χ1v) is 4.25. The Labute approximate surface area is 77.7 Å². The largest absolute Gasteiger partial charge is 0.372 e. The molecule has 0 saturated carbocycles. The van der Waals surface area contributed by atoms with Gasteiger partial charge in [0.2, 0.25) is 5.91 Å². The van der Waals surface area contributed by atoms with Crippen LogP contribution in [0.3, 0.4) is 0 Å². The van der Waals surface area contributed by atoms with Gasteiger partial charge < -0.3 is 10.1 Å². The Morgan fingerprint density at radius 2 is 2.08 bits per heavy atom. The van der Waals surface area contributed by atoms with Gasteiger partial charge in [-0.25, -0.2) is 0 Å². The second-order valence-electron chi connectivity index (χ2n) is 2.55. The molecule has 1 aromatic rings. The maximum Gasteiger partial charge on any atom is 0.250 e. The fourth-order valence-electron chi connectivity index (χ4n) is 0.913. The lowest BCUT2D eigenvalue weighted by Crippen LogP contribution is -2.17. The monoisotopic (exact) mass is 179 g/mol. The molecule has 0 fully saturated rings. The van der Waals surface area contributed by atoms with E-state index in [2.05, 4.69) is 5.32 Å². The topological polar surface area (TPSA) is 38.3 Å². The van der Waals surface area contributed by atoms with Gasteiger partial charge in [0.05, 0.1) is 0 Å². The van der Waals surface area contributed by atoms with Crippen molar-refractivity contribution in [3.8, 4) is 0 Å². The van der Waals surface area contributed by atoms with Crippen LogP contribution in [0.2, 0.25) is 0 Å². The Morgan fingerprint density at radius 3 is 2.69 bits per heavy atom. The number of hydrogen-bond donors (Lipinski definition) is 1. The van der Waals surface area contributed by atoms with Crippen LogP contribution in [0.4, 0.5) is 5.69 Å². The average Bonchev–Trinajstić information content (AvgIpc) is 2.16. The third kappa shape index (κ3) is 3.71. The van der Waals surface area contributed by atoms with E-state index in [4.69, 9.17) is 4.74 Å². The molecule has 0 saturated heterocycles. The van der Waals surface area contributed by atoms with Gasteiger partial charge in [0.15, 0.2) is 0 Å². The first kappa shape index (κ1) is 9.74. The van der Waals surface area contributed by atoms with Crippen molar-refractivity contribution in [3.63, 3.8) is 0 Å². The number of anilines is 1. The number of para-hydroxylation sites is 1. The van der Waals surface area contributed by atoms with Crippen LogP contribution in [0, 0.1) is 0 Å². The number of benzene rings is 1. The van der Waals surface area contributed by atoms with Crippen molar-refractivity contribution in [2.75, 3.05) is 18.5 Å². The molecule has 1 aromatic carbocycles. The van der Waals surface area contributed by atoms with Gasteiger partial charge in [-0.1, -0.05) is 18.2 Å². The second-order valence-corrected chi connectivity index (χ2v) is 2.55. The summed E-state index contributed by atoms with van der Waals surface area (Å²) in [6.45, 7) is 2.53. The van der Waals surface area contributed by atoms with Crippen LogP contribution < -0.4 is 5.32 Å². The molecule has 0 bridgehead atoms. The number of hydrogen-bond acceptors (Lipinski definition) is 2. The highest BCUT2D eigenvalue weighted by Gasteiger charge is 1.99. The SMILES string of the molecule is CCOCC(=O)Nc1ccccc1. The van der Waals surface area contributed by atoms with Crippen molar-refractivity contribution in [3.05, 3.63) is 30.3 Å². The standard InChI is InChI=1S/C10H13NO2/c1-2-13-8-10(12)11-9-6-4-3-5-7-9/h3-7H,2,8H2,1H3,(H,11,12). The first-order chi connectivity index (χ1) is 6.33. The lowest BCUT2D eigenvalue weighted by atomic mass is 10.3. The molecule has 3 heteroatoms. The highest BCUT2D eigenvalue weighted by atomic mass is 16.5. The van der Waals surface area contributed by atoms with E-state index in [-0.39, 0.29) is 12.5 Å². The van der Waals surface area contributed by atoms with Crippen LogP contribution in [-0.4, -0.2) is 19.1 Å². The Bertz CT molecular complexity index is 259. The van der Waals surface area contributed by atoms with E-state index in [1.54, 1.807) is 0 Å². The maximum absolute atomic E-state index is 11.1. The predicted octanol–water partition coefficient (Wildman–Crippen LogP) is 1.66. The first-order valence-electron chi connectivity index (χ1n) is 4.25. The molecule has 1 N–H and O–H groups in total. The third-order valence-electron chi connectivity index (χ3n) is 1.49. The van der Waals surface area contributed by atoms with Gasteiger partial charge >= 0.3 is 0 Å². The van der Waals surface area contributed by atoms with Crippen molar-refractivity contribution in [2.24, 2.45) is 0 Å². The van der Waals surface area contributed by atoms with E-state index in [1.807, 2.05) is 37.3 Å². The molecule has 0 aliphatic carbocycles. The number of nitrogens with one attached hydrogen (secondary N) is 1. The molecule has 13 heavy (non-hydrogen) atoms. The Balaban J connectivity index is 2.37. The van der Waals surface area contributed by atoms with Crippen LogP contribution in [0.5, 0.6) is 0 Å². The fraction of sp³-hybridized carbons (Fsp3) is 0.300. The van der Waals surface area contributed by atoms with Crippen molar-refractivity contribution < 1.29 is 9.53 Å². The summed E-state index contributed by atoms with van der Waals surface area (Å²) in [5.74, 6) is -0.118. The van der Waals surface area contributed by atoms with Crippen LogP contribution in [0.25, 0.3) is 0 Å². The van der Waals surface area contributed by atoms with Gasteiger partial charge in [-0.2, -0.15) is 0 Å². The van der Waals surface area contributed by atoms with Crippen LogP contribution >= 0.6 is 0 Å². The van der Waals surface area contributed by atoms with E-state index < -0.39 is 0 Å². The molecule has 0 aliphatic rings. The van der Waals surface area contributed by atoms with Gasteiger partial charge in [0.1, 0.15) is 6.61 Å². The molecule has 0 aromatic heterocycles. The van der Waals surface area contributed by atoms with Crippen molar-refractivity contribution in [1.82, 2.24) is 0 Å². The van der Waals surface area contributed by atoms with Crippen LogP contribution in [0.1, 0.15) is 6.92 Å². The lowest BCUT2D eigenvalue weighted by molar-refractivity contribution is -0.120. The molecule has 1 rings (SSSR count). The summed E-state index contributed by atoms with van der Waals surface area (Å²) in [6, 6.07) is 9.32. The van der Waals surface area contributed by atoms with Gasteiger partial charge in [-0.15, -0.1) is 0 Å². The number of carbonyl (C=O) groups is 1. The summed E-state index contributed by atoms with van der Waals surface area (Å²) in [5, 5.41) is 2.71. The minimum absolute atomic E-state index is 0.116. The molecule has 0 unspecified atom stereocenters. The molecule has 0 atom stereocenters. The van der Waals surface area contributed by atoms with E-state index in [0.717, 1.165) is 5.69 Å². The summed E-state index contributed by atoms with van der Waals surface area (Å²) in [5.41, 5.74) is 0.798. The summed E-state index contributed by atoms with van der Waals surface area (Å²) < 4.78 is 4.96. The fourth-order valence-corrected chi connectivity index (χ4v) is 0.913. The van der Waals surface area contributed by atoms with Crippen molar-refractivity contribution in [2.45, 2.75) is 6.92 Å². The molecule has 0 heterocycles. The normalized spacial score (nSPS) is 9.62. The smallest absolute Gasteiger partial charge is 0.250 e. The molecule has 70 valence electrons. The average molecular weight is 179 g/mol. The zero-order valence-electron chi connectivity index (χ0n) is 7.62. The summed E-state index contributed by atoms with van der Waals surface area (Å²) in [6.07, 6.45) is 0. The summed E-state index contributed by atoms with van der Waals surface area (Å²) >= 11 is 0. The Hall–Kier alpha value is -1.35.